The van der Waals surface area contributed by atoms with Gasteiger partial charge in [-0.05, 0) is 132 Å². The molecule has 1 aliphatic carbocycles. The fourth-order valence-electron chi connectivity index (χ4n) is 10.8. The average Bonchev–Trinajstić information content (AvgIpc) is 3.47. The molecule has 3 heteroatoms. The second-order valence-corrected chi connectivity index (χ2v) is 18.6. The lowest BCUT2D eigenvalue weighted by molar-refractivity contribution is 0.974. The summed E-state index contributed by atoms with van der Waals surface area (Å²) in [5, 5.41) is 4.80. The van der Waals surface area contributed by atoms with E-state index in [0.717, 1.165) is 108 Å². The highest BCUT2D eigenvalue weighted by molar-refractivity contribution is 5.98. The van der Waals surface area contributed by atoms with Gasteiger partial charge in [0.15, 0.2) is 0 Å². The van der Waals surface area contributed by atoms with Crippen LogP contribution in [0.4, 0.5) is 0 Å². The minimum Gasteiger partial charge on any atom is -0.256 e. The monoisotopic (exact) mass is 917 g/mol. The molecule has 3 heterocycles. The van der Waals surface area contributed by atoms with Gasteiger partial charge in [-0.3, -0.25) is 15.0 Å². The van der Waals surface area contributed by atoms with Crippen molar-refractivity contribution in [2.45, 2.75) is 12.8 Å². The molecule has 0 radical (unpaired) electrons. The van der Waals surface area contributed by atoms with E-state index in [-0.39, 0.29) is 0 Å². The quantitative estimate of drug-likeness (QED) is 0.145. The minimum atomic E-state index is 0.952. The highest BCUT2D eigenvalue weighted by atomic mass is 14.7. The highest BCUT2D eigenvalue weighted by Gasteiger charge is 2.19. The van der Waals surface area contributed by atoms with Gasteiger partial charge in [-0.1, -0.05) is 206 Å². The Kier molecular flexibility index (Phi) is 11.0. The maximum absolute atomic E-state index is 5.13. The van der Waals surface area contributed by atoms with Crippen LogP contribution in [0.3, 0.4) is 0 Å². The van der Waals surface area contributed by atoms with E-state index in [2.05, 4.69) is 243 Å². The van der Waals surface area contributed by atoms with Crippen molar-refractivity contribution in [3.63, 3.8) is 0 Å². The summed E-state index contributed by atoms with van der Waals surface area (Å²) in [6, 6.07) is 85.0. The van der Waals surface area contributed by atoms with Crippen LogP contribution in [0.2, 0.25) is 0 Å². The summed E-state index contributed by atoms with van der Waals surface area (Å²) in [6.45, 7) is 0. The van der Waals surface area contributed by atoms with Crippen LogP contribution in [0.1, 0.15) is 23.2 Å². The second-order valence-electron chi connectivity index (χ2n) is 18.6. The number of aromatic nitrogens is 3. The number of allylic oxidation sites excluding steroid dienone is 1. The number of rotatable bonds is 9. The predicted molar refractivity (Wildman–Crippen MR) is 300 cm³/mol. The van der Waals surface area contributed by atoms with E-state index in [1.54, 1.807) is 0 Å². The summed E-state index contributed by atoms with van der Waals surface area (Å²) < 4.78 is 0. The Morgan fingerprint density at radius 3 is 1.04 bits per heavy atom. The van der Waals surface area contributed by atoms with Crippen LogP contribution < -0.4 is 0 Å². The Balaban J connectivity index is 0.933. The number of aryl methyl sites for hydroxylation is 1. The summed E-state index contributed by atoms with van der Waals surface area (Å²) in [6.07, 6.45) is 10.5. The zero-order chi connectivity index (χ0) is 47.8. The Morgan fingerprint density at radius 1 is 0.264 bits per heavy atom. The van der Waals surface area contributed by atoms with Crippen LogP contribution in [0.5, 0.6) is 0 Å². The number of nitrogens with zero attached hydrogens (tertiary/aromatic N) is 3. The normalized spacial score (nSPS) is 12.1. The number of fused-ring (bicyclic) bond motifs is 3. The van der Waals surface area contributed by atoms with Crippen molar-refractivity contribution in [2.24, 2.45) is 0 Å². The zero-order valence-corrected chi connectivity index (χ0v) is 39.6. The van der Waals surface area contributed by atoms with Crippen molar-refractivity contribution < 1.29 is 0 Å². The number of pyridine rings is 3. The molecule has 0 amide bonds. The van der Waals surface area contributed by atoms with E-state index in [4.69, 9.17) is 15.0 Å². The lowest BCUT2D eigenvalue weighted by atomic mass is 9.86. The molecule has 0 saturated carbocycles. The van der Waals surface area contributed by atoms with Crippen LogP contribution in [0, 0.1) is 0 Å². The molecule has 0 bridgehead atoms. The van der Waals surface area contributed by atoms with Gasteiger partial charge in [0, 0.05) is 52.0 Å². The largest absolute Gasteiger partial charge is 0.256 e. The molecule has 3 aromatic heterocycles. The van der Waals surface area contributed by atoms with Gasteiger partial charge >= 0.3 is 0 Å². The van der Waals surface area contributed by atoms with Crippen molar-refractivity contribution >= 4 is 27.1 Å². The molecule has 0 aliphatic heterocycles. The molecule has 0 atom stereocenters. The van der Waals surface area contributed by atoms with Crippen LogP contribution in [-0.4, -0.2) is 15.0 Å². The SMILES string of the molecule is C1=C(c2ccc(-c3ccccc3-c3cc(-c4ccccc4-c4ccc(-c5cccc6ccccc56)nc4)cc(-c4ccccc4-c4ccc(-c5cccc6ccccc56)nc4)c3)cn2)c2ccccc2CC1. The van der Waals surface area contributed by atoms with Crippen molar-refractivity contribution in [3.8, 4) is 89.3 Å². The molecule has 0 unspecified atom stereocenters. The molecular formula is C69H47N3. The summed E-state index contributed by atoms with van der Waals surface area (Å²) in [7, 11) is 0. The summed E-state index contributed by atoms with van der Waals surface area (Å²) in [5.74, 6) is 0. The van der Waals surface area contributed by atoms with E-state index in [1.165, 1.54) is 38.2 Å². The van der Waals surface area contributed by atoms with Crippen LogP contribution in [0.15, 0.2) is 261 Å². The molecule has 3 nitrogen and oxygen atoms in total. The molecule has 0 spiro atoms. The standard InChI is InChI=1S/C69H47N3/c1-4-22-55-46(16-1)19-13-31-64(55)67-37-34-49(43-70-67)58-25-7-10-28-61(58)52-40-53(62-29-11-8-26-59(62)50-35-38-68(71-44-50)65-32-14-20-47-17-2-5-23-56(47)65)42-54(41-52)63-30-12-9-27-60(63)51-36-39-69(72-45-51)66-33-15-21-48-18-3-6-24-57(48)66/h1-14,16-20,22-45H,15,21H2. The van der Waals surface area contributed by atoms with Crippen LogP contribution in [0.25, 0.3) is 116 Å². The third kappa shape index (κ3) is 7.97. The summed E-state index contributed by atoms with van der Waals surface area (Å²) >= 11 is 0. The Labute approximate surface area is 420 Å². The molecule has 0 saturated heterocycles. The molecule has 338 valence electrons. The molecule has 9 aromatic carbocycles. The Morgan fingerprint density at radius 2 is 0.611 bits per heavy atom. The maximum atomic E-state index is 5.13. The molecule has 12 aromatic rings. The van der Waals surface area contributed by atoms with Crippen LogP contribution >= 0.6 is 0 Å². The zero-order valence-electron chi connectivity index (χ0n) is 39.6. The third-order valence-corrected chi connectivity index (χ3v) is 14.3. The molecular weight excluding hydrogens is 871 g/mol. The first-order valence-corrected chi connectivity index (χ1v) is 24.8. The van der Waals surface area contributed by atoms with Crippen molar-refractivity contribution in [1.29, 1.82) is 0 Å². The van der Waals surface area contributed by atoms with Gasteiger partial charge in [0.05, 0.1) is 17.1 Å². The predicted octanol–water partition coefficient (Wildman–Crippen LogP) is 17.9. The van der Waals surface area contributed by atoms with E-state index >= 15 is 0 Å². The molecule has 0 N–H and O–H groups in total. The third-order valence-electron chi connectivity index (χ3n) is 14.3. The minimum absolute atomic E-state index is 0.952. The van der Waals surface area contributed by atoms with Gasteiger partial charge < -0.3 is 0 Å². The number of hydrogen-bond acceptors (Lipinski definition) is 3. The maximum Gasteiger partial charge on any atom is 0.0708 e. The highest BCUT2D eigenvalue weighted by Crippen LogP contribution is 2.43. The second kappa shape index (κ2) is 18.5. The Hall–Kier alpha value is -9.31. The topological polar surface area (TPSA) is 38.7 Å². The smallest absolute Gasteiger partial charge is 0.0708 e. The van der Waals surface area contributed by atoms with Gasteiger partial charge in [0.1, 0.15) is 0 Å². The Bertz CT molecular complexity index is 3820. The van der Waals surface area contributed by atoms with Gasteiger partial charge in [-0.2, -0.15) is 0 Å². The van der Waals surface area contributed by atoms with Gasteiger partial charge in [-0.15, -0.1) is 0 Å². The first-order valence-electron chi connectivity index (χ1n) is 24.8. The van der Waals surface area contributed by atoms with Gasteiger partial charge in [0.25, 0.3) is 0 Å². The number of hydrogen-bond donors (Lipinski definition) is 0. The van der Waals surface area contributed by atoms with Crippen molar-refractivity contribution in [3.05, 3.63) is 278 Å². The van der Waals surface area contributed by atoms with E-state index in [9.17, 15) is 0 Å². The lowest BCUT2D eigenvalue weighted by Gasteiger charge is -2.19. The van der Waals surface area contributed by atoms with Gasteiger partial charge in [-0.25, -0.2) is 0 Å². The van der Waals surface area contributed by atoms with E-state index < -0.39 is 0 Å². The van der Waals surface area contributed by atoms with Crippen LogP contribution in [-0.2, 0) is 6.42 Å². The average molecular weight is 918 g/mol. The van der Waals surface area contributed by atoms with Crippen molar-refractivity contribution in [1.82, 2.24) is 15.0 Å². The molecule has 1 aliphatic rings. The summed E-state index contributed by atoms with van der Waals surface area (Å²) in [4.78, 5) is 15.3. The first kappa shape index (κ1) is 42.8. The number of benzene rings is 9. The molecule has 72 heavy (non-hydrogen) atoms. The van der Waals surface area contributed by atoms with Crippen molar-refractivity contribution in [2.75, 3.05) is 0 Å². The lowest BCUT2D eigenvalue weighted by Crippen LogP contribution is -2.02. The van der Waals surface area contributed by atoms with E-state index in [1.807, 2.05) is 18.6 Å². The molecule has 0 fully saturated rings. The summed E-state index contributed by atoms with van der Waals surface area (Å²) in [5.41, 5.74) is 22.3. The van der Waals surface area contributed by atoms with Gasteiger partial charge in [0.2, 0.25) is 0 Å². The first-order chi connectivity index (χ1) is 35.7. The fourth-order valence-corrected chi connectivity index (χ4v) is 10.8. The van der Waals surface area contributed by atoms with E-state index in [0.29, 0.717) is 0 Å². The fraction of sp³-hybridized carbons (Fsp3) is 0.0290. The molecule has 13 rings (SSSR count).